The van der Waals surface area contributed by atoms with E-state index in [1.165, 1.54) is 0 Å². The number of nitrogens with zero attached hydrogens (tertiary/aromatic N) is 1. The van der Waals surface area contributed by atoms with E-state index in [-0.39, 0.29) is 19.8 Å². The van der Waals surface area contributed by atoms with Gasteiger partial charge in [0, 0.05) is 6.20 Å². The van der Waals surface area contributed by atoms with E-state index in [1.54, 1.807) is 11.6 Å². The molecule has 0 spiro atoms. The molecule has 0 radical (unpaired) electrons. The lowest BCUT2D eigenvalue weighted by Crippen LogP contribution is -2.48. The number of hydrogen-bond acceptors (Lipinski definition) is 7. The molecular formula is C9H14N2O7S. The molecule has 0 fully saturated rings. The quantitative estimate of drug-likeness (QED) is 0.332. The number of nitrogens with one attached hydrogen (secondary N) is 1. The van der Waals surface area contributed by atoms with Crippen molar-refractivity contribution in [1.82, 2.24) is 9.03 Å². The first-order valence-corrected chi connectivity index (χ1v) is 6.77. The molecule has 0 saturated heterocycles. The first-order valence-electron chi connectivity index (χ1n) is 5.33. The predicted octanol–water partition coefficient (Wildman–Crippen LogP) is -1.92. The Morgan fingerprint density at radius 2 is 2.21 bits per heavy atom. The fourth-order valence-electron chi connectivity index (χ4n) is 1.18. The third-order valence-corrected chi connectivity index (χ3v) is 3.27. The molecule has 0 bridgehead atoms. The Balaban J connectivity index is 2.91. The lowest BCUT2D eigenvalue weighted by atomic mass is 10.3. The van der Waals surface area contributed by atoms with E-state index in [2.05, 4.69) is 4.74 Å². The van der Waals surface area contributed by atoms with Crippen LogP contribution < -0.4 is 4.72 Å². The second-order valence-corrected chi connectivity index (χ2v) is 4.97. The van der Waals surface area contributed by atoms with Crippen molar-refractivity contribution in [3.05, 3.63) is 11.8 Å². The summed E-state index contributed by atoms with van der Waals surface area (Å²) in [6.45, 7) is 0.804. The van der Waals surface area contributed by atoms with Crippen molar-refractivity contribution >= 4 is 22.1 Å². The predicted molar refractivity (Wildman–Crippen MR) is 61.5 cm³/mol. The van der Waals surface area contributed by atoms with E-state index in [0.29, 0.717) is 4.31 Å². The Morgan fingerprint density at radius 3 is 2.79 bits per heavy atom. The van der Waals surface area contributed by atoms with Gasteiger partial charge >= 0.3 is 16.2 Å². The van der Waals surface area contributed by atoms with Crippen LogP contribution in [0.15, 0.2) is 11.8 Å². The minimum Gasteiger partial charge on any atom is -0.462 e. The Bertz CT molecular complexity index is 485. The van der Waals surface area contributed by atoms with Crippen molar-refractivity contribution in [3.63, 3.8) is 0 Å². The lowest BCUT2D eigenvalue weighted by Gasteiger charge is -2.25. The molecule has 0 atom stereocenters. The molecule has 10 heteroatoms. The molecule has 0 aromatic rings. The molecule has 1 aliphatic heterocycles. The third kappa shape index (κ3) is 3.91. The van der Waals surface area contributed by atoms with Crippen LogP contribution in [0.1, 0.15) is 6.92 Å². The van der Waals surface area contributed by atoms with Gasteiger partial charge in [-0.2, -0.15) is 8.42 Å². The first-order chi connectivity index (χ1) is 8.92. The van der Waals surface area contributed by atoms with Gasteiger partial charge in [-0.05, 0) is 6.92 Å². The Labute approximate surface area is 110 Å². The molecule has 1 amide bonds. The average Bonchev–Trinajstić information content (AvgIpc) is 2.31. The third-order valence-electron chi connectivity index (χ3n) is 2.00. The molecule has 1 heterocycles. The summed E-state index contributed by atoms with van der Waals surface area (Å²) >= 11 is 0. The number of esters is 1. The highest BCUT2D eigenvalue weighted by Gasteiger charge is 2.34. The molecule has 19 heavy (non-hydrogen) atoms. The number of aliphatic hydroxyl groups is 1. The largest absolute Gasteiger partial charge is 0.462 e. The highest BCUT2D eigenvalue weighted by Crippen LogP contribution is 2.12. The van der Waals surface area contributed by atoms with Crippen LogP contribution in [0.2, 0.25) is 0 Å². The van der Waals surface area contributed by atoms with Crippen LogP contribution in [0.5, 0.6) is 0 Å². The summed E-state index contributed by atoms with van der Waals surface area (Å²) < 4.78 is 34.9. The summed E-state index contributed by atoms with van der Waals surface area (Å²) in [5.41, 5.74) is -0.440. The second-order valence-electron chi connectivity index (χ2n) is 3.35. The van der Waals surface area contributed by atoms with Gasteiger partial charge < -0.3 is 14.6 Å². The van der Waals surface area contributed by atoms with Crippen LogP contribution in [0, 0.1) is 0 Å². The van der Waals surface area contributed by atoms with Crippen LogP contribution in [0.25, 0.3) is 0 Å². The van der Waals surface area contributed by atoms with Gasteiger partial charge in [0.25, 0.3) is 5.91 Å². The van der Waals surface area contributed by atoms with Gasteiger partial charge in [-0.25, -0.2) is 13.8 Å². The summed E-state index contributed by atoms with van der Waals surface area (Å²) in [7, 11) is -4.09. The number of hydrogen-bond donors (Lipinski definition) is 2. The van der Waals surface area contributed by atoms with Gasteiger partial charge in [0.05, 0.1) is 19.8 Å². The number of carbonyl (C=O) groups excluding carboxylic acids is 2. The van der Waals surface area contributed by atoms with Crippen molar-refractivity contribution in [2.75, 3.05) is 26.6 Å². The summed E-state index contributed by atoms with van der Waals surface area (Å²) in [5, 5.41) is 8.53. The Hall–Kier alpha value is -1.65. The van der Waals surface area contributed by atoms with Crippen molar-refractivity contribution in [1.29, 1.82) is 0 Å². The molecule has 2 N–H and O–H groups in total. The molecule has 0 saturated carbocycles. The van der Waals surface area contributed by atoms with E-state index in [0.717, 1.165) is 6.20 Å². The summed E-state index contributed by atoms with van der Waals surface area (Å²) in [6.07, 6.45) is 0.837. The normalized spacial score (nSPS) is 17.7. The molecule has 1 aliphatic rings. The molecule has 0 aromatic heterocycles. The summed E-state index contributed by atoms with van der Waals surface area (Å²) in [4.78, 5) is 22.9. The summed E-state index contributed by atoms with van der Waals surface area (Å²) in [6, 6.07) is 0. The van der Waals surface area contributed by atoms with Gasteiger partial charge in [-0.15, -0.1) is 0 Å². The van der Waals surface area contributed by atoms with Crippen LogP contribution in [-0.4, -0.2) is 56.3 Å². The van der Waals surface area contributed by atoms with E-state index < -0.39 is 34.4 Å². The van der Waals surface area contributed by atoms with E-state index in [1.807, 2.05) is 0 Å². The van der Waals surface area contributed by atoms with Gasteiger partial charge in [0.1, 0.15) is 12.3 Å². The first kappa shape index (κ1) is 15.4. The zero-order chi connectivity index (χ0) is 14.5. The SMILES string of the molecule is CCOC(=O)C1=CN(COCCO)S(=O)(=O)NC1=O. The van der Waals surface area contributed by atoms with Crippen molar-refractivity contribution in [2.45, 2.75) is 6.92 Å². The topological polar surface area (TPSA) is 122 Å². The highest BCUT2D eigenvalue weighted by atomic mass is 32.2. The van der Waals surface area contributed by atoms with Gasteiger partial charge in [-0.3, -0.25) is 4.79 Å². The second kappa shape index (κ2) is 6.50. The zero-order valence-electron chi connectivity index (χ0n) is 10.2. The van der Waals surface area contributed by atoms with Gasteiger partial charge in [-0.1, -0.05) is 0 Å². The fourth-order valence-corrected chi connectivity index (χ4v) is 2.10. The molecule has 9 nitrogen and oxygen atoms in total. The zero-order valence-corrected chi connectivity index (χ0v) is 11.0. The molecule has 0 aromatic carbocycles. The highest BCUT2D eigenvalue weighted by molar-refractivity contribution is 7.87. The number of rotatable bonds is 6. The number of aliphatic hydroxyl groups excluding tert-OH is 1. The Morgan fingerprint density at radius 1 is 1.53 bits per heavy atom. The van der Waals surface area contributed by atoms with Crippen LogP contribution in [0.3, 0.4) is 0 Å². The van der Waals surface area contributed by atoms with Crippen LogP contribution in [-0.2, 0) is 29.3 Å². The number of amides is 1. The van der Waals surface area contributed by atoms with Crippen LogP contribution in [0.4, 0.5) is 0 Å². The standard InChI is InChI=1S/C9H14N2O7S/c1-2-18-9(14)7-5-11(6-17-4-3-12)19(15,16)10-8(7)13/h5,12H,2-4,6H2,1H3,(H,10,13). The summed E-state index contributed by atoms with van der Waals surface area (Å²) in [5.74, 6) is -1.99. The van der Waals surface area contributed by atoms with Crippen molar-refractivity contribution < 1.29 is 32.6 Å². The molecule has 108 valence electrons. The molecule has 0 aliphatic carbocycles. The van der Waals surface area contributed by atoms with Gasteiger partial charge in [0.15, 0.2) is 0 Å². The lowest BCUT2D eigenvalue weighted by molar-refractivity contribution is -0.140. The maximum absolute atomic E-state index is 11.6. The van der Waals surface area contributed by atoms with E-state index >= 15 is 0 Å². The monoisotopic (exact) mass is 294 g/mol. The average molecular weight is 294 g/mol. The van der Waals surface area contributed by atoms with Crippen LogP contribution >= 0.6 is 0 Å². The minimum atomic E-state index is -4.09. The van der Waals surface area contributed by atoms with Crippen molar-refractivity contribution in [3.8, 4) is 0 Å². The van der Waals surface area contributed by atoms with Crippen molar-refractivity contribution in [2.24, 2.45) is 0 Å². The Kier molecular flexibility index (Phi) is 5.27. The fraction of sp³-hybridized carbons (Fsp3) is 0.556. The molecule has 1 rings (SSSR count). The van der Waals surface area contributed by atoms with E-state index in [4.69, 9.17) is 9.84 Å². The maximum Gasteiger partial charge on any atom is 0.345 e. The number of ether oxygens (including phenoxy) is 2. The molecular weight excluding hydrogens is 280 g/mol. The number of carbonyl (C=O) groups is 2. The maximum atomic E-state index is 11.6. The van der Waals surface area contributed by atoms with Gasteiger partial charge in [0.2, 0.25) is 0 Å². The van der Waals surface area contributed by atoms with E-state index in [9.17, 15) is 18.0 Å². The minimum absolute atomic E-state index is 0.0528. The smallest absolute Gasteiger partial charge is 0.345 e. The molecule has 0 unspecified atom stereocenters.